The standard InChI is InChI=1S/C13H25N3O4Si/c1-6-11(2)20-13-12(16(17)18)9-14-15(13)10-19-7-8-21(3,4)5/h9,11H,6-8,10H2,1-5H3. The van der Waals surface area contributed by atoms with Gasteiger partial charge in [0.25, 0.3) is 5.88 Å². The van der Waals surface area contributed by atoms with E-state index in [1.165, 1.54) is 10.9 Å². The van der Waals surface area contributed by atoms with E-state index in [0.29, 0.717) is 6.61 Å². The lowest BCUT2D eigenvalue weighted by atomic mass is 10.3. The van der Waals surface area contributed by atoms with Crippen molar-refractivity contribution in [3.8, 4) is 5.88 Å². The molecule has 1 rings (SSSR count). The quantitative estimate of drug-likeness (QED) is 0.302. The minimum Gasteiger partial charge on any atom is -0.470 e. The second kappa shape index (κ2) is 7.55. The summed E-state index contributed by atoms with van der Waals surface area (Å²) >= 11 is 0. The first-order valence-corrected chi connectivity index (χ1v) is 10.9. The summed E-state index contributed by atoms with van der Waals surface area (Å²) in [5, 5.41) is 15.0. The molecule has 0 radical (unpaired) electrons. The first-order chi connectivity index (χ1) is 9.74. The number of nitrogens with zero attached hydrogens (tertiary/aromatic N) is 3. The van der Waals surface area contributed by atoms with Crippen LogP contribution in [0.25, 0.3) is 0 Å². The highest BCUT2D eigenvalue weighted by Crippen LogP contribution is 2.27. The molecule has 0 aliphatic rings. The lowest BCUT2D eigenvalue weighted by Crippen LogP contribution is -2.22. The lowest BCUT2D eigenvalue weighted by molar-refractivity contribution is -0.386. The molecule has 0 fully saturated rings. The normalized spacial score (nSPS) is 13.2. The van der Waals surface area contributed by atoms with Crippen LogP contribution in [0.3, 0.4) is 0 Å². The third-order valence-electron chi connectivity index (χ3n) is 3.07. The van der Waals surface area contributed by atoms with E-state index in [2.05, 4.69) is 24.7 Å². The Labute approximate surface area is 126 Å². The Morgan fingerprint density at radius 2 is 2.14 bits per heavy atom. The number of hydrogen-bond donors (Lipinski definition) is 0. The van der Waals surface area contributed by atoms with Gasteiger partial charge in [0, 0.05) is 14.7 Å². The lowest BCUT2D eigenvalue weighted by Gasteiger charge is -2.16. The molecule has 0 saturated carbocycles. The average Bonchev–Trinajstić information content (AvgIpc) is 2.76. The number of rotatable bonds is 9. The smallest absolute Gasteiger partial charge is 0.350 e. The van der Waals surface area contributed by atoms with Gasteiger partial charge in [0.05, 0.1) is 11.0 Å². The Hall–Kier alpha value is -1.41. The van der Waals surface area contributed by atoms with Crippen molar-refractivity contribution in [3.63, 3.8) is 0 Å². The highest BCUT2D eigenvalue weighted by molar-refractivity contribution is 6.76. The van der Waals surface area contributed by atoms with Crippen LogP contribution in [0.1, 0.15) is 20.3 Å². The van der Waals surface area contributed by atoms with Gasteiger partial charge in [0.1, 0.15) is 12.9 Å². The number of aromatic nitrogens is 2. The van der Waals surface area contributed by atoms with Gasteiger partial charge in [-0.05, 0) is 19.4 Å². The van der Waals surface area contributed by atoms with Gasteiger partial charge in [-0.15, -0.1) is 0 Å². The molecule has 0 amide bonds. The molecule has 1 atom stereocenters. The van der Waals surface area contributed by atoms with Gasteiger partial charge in [-0.3, -0.25) is 10.1 Å². The second-order valence-electron chi connectivity index (χ2n) is 6.28. The summed E-state index contributed by atoms with van der Waals surface area (Å²) < 4.78 is 12.6. The van der Waals surface area contributed by atoms with Gasteiger partial charge >= 0.3 is 5.69 Å². The Morgan fingerprint density at radius 1 is 1.48 bits per heavy atom. The zero-order valence-electron chi connectivity index (χ0n) is 13.5. The fraction of sp³-hybridized carbons (Fsp3) is 0.769. The minimum absolute atomic E-state index is 0.110. The Kier molecular flexibility index (Phi) is 6.34. The molecule has 0 N–H and O–H groups in total. The summed E-state index contributed by atoms with van der Waals surface area (Å²) in [6, 6.07) is 1.04. The topological polar surface area (TPSA) is 79.4 Å². The van der Waals surface area contributed by atoms with Crippen LogP contribution in [-0.2, 0) is 11.5 Å². The van der Waals surface area contributed by atoms with Crippen molar-refractivity contribution in [2.24, 2.45) is 0 Å². The van der Waals surface area contributed by atoms with E-state index in [9.17, 15) is 10.1 Å². The van der Waals surface area contributed by atoms with Gasteiger partial charge in [0.15, 0.2) is 0 Å². The van der Waals surface area contributed by atoms with Gasteiger partial charge in [-0.1, -0.05) is 26.6 Å². The Bertz CT molecular complexity index is 470. The molecule has 1 unspecified atom stereocenters. The predicted octanol–water partition coefficient (Wildman–Crippen LogP) is 3.28. The van der Waals surface area contributed by atoms with Crippen LogP contribution < -0.4 is 4.74 Å². The molecule has 7 nitrogen and oxygen atoms in total. The van der Waals surface area contributed by atoms with Gasteiger partial charge < -0.3 is 9.47 Å². The first-order valence-electron chi connectivity index (χ1n) is 7.19. The first kappa shape index (κ1) is 17.6. The summed E-state index contributed by atoms with van der Waals surface area (Å²) in [4.78, 5) is 10.5. The molecule has 0 aromatic carbocycles. The molecule has 120 valence electrons. The molecule has 0 aliphatic heterocycles. The highest BCUT2D eigenvalue weighted by atomic mass is 28.3. The number of hydrogen-bond acceptors (Lipinski definition) is 5. The highest BCUT2D eigenvalue weighted by Gasteiger charge is 2.24. The zero-order valence-corrected chi connectivity index (χ0v) is 14.5. The van der Waals surface area contributed by atoms with E-state index >= 15 is 0 Å². The summed E-state index contributed by atoms with van der Waals surface area (Å²) in [5.41, 5.74) is -0.121. The van der Waals surface area contributed by atoms with E-state index in [4.69, 9.17) is 9.47 Å². The molecule has 1 heterocycles. The largest absolute Gasteiger partial charge is 0.470 e. The van der Waals surface area contributed by atoms with E-state index in [-0.39, 0.29) is 24.4 Å². The Balaban J connectivity index is 2.70. The van der Waals surface area contributed by atoms with Crippen LogP contribution in [0.4, 0.5) is 5.69 Å². The molecule has 0 aliphatic carbocycles. The summed E-state index contributed by atoms with van der Waals surface area (Å²) in [6.45, 7) is 11.4. The molecule has 1 aromatic rings. The summed E-state index contributed by atoms with van der Waals surface area (Å²) in [6.07, 6.45) is 1.86. The molecule has 21 heavy (non-hydrogen) atoms. The number of ether oxygens (including phenoxy) is 2. The molecular formula is C13H25N3O4Si. The third kappa shape index (κ3) is 5.84. The molecule has 8 heteroatoms. The fourth-order valence-electron chi connectivity index (χ4n) is 1.51. The Morgan fingerprint density at radius 3 is 2.67 bits per heavy atom. The second-order valence-corrected chi connectivity index (χ2v) is 11.9. The van der Waals surface area contributed by atoms with Crippen molar-refractivity contribution in [1.82, 2.24) is 9.78 Å². The van der Waals surface area contributed by atoms with Crippen molar-refractivity contribution >= 4 is 13.8 Å². The monoisotopic (exact) mass is 315 g/mol. The van der Waals surface area contributed by atoms with E-state index in [0.717, 1.165) is 12.5 Å². The van der Waals surface area contributed by atoms with Gasteiger partial charge in [-0.2, -0.15) is 5.10 Å². The van der Waals surface area contributed by atoms with Crippen molar-refractivity contribution < 1.29 is 14.4 Å². The van der Waals surface area contributed by atoms with Gasteiger partial charge in [0.2, 0.25) is 0 Å². The minimum atomic E-state index is -1.15. The van der Waals surface area contributed by atoms with Crippen molar-refractivity contribution in [3.05, 3.63) is 16.3 Å². The number of nitro groups is 1. The van der Waals surface area contributed by atoms with Crippen LogP contribution in [0.5, 0.6) is 5.88 Å². The third-order valence-corrected chi connectivity index (χ3v) is 4.77. The zero-order chi connectivity index (χ0) is 16.0. The van der Waals surface area contributed by atoms with E-state index in [1.54, 1.807) is 0 Å². The maximum absolute atomic E-state index is 11.0. The molecule has 0 spiro atoms. The SMILES string of the molecule is CCC(C)Oc1c([N+](=O)[O-])cnn1COCC[Si](C)(C)C. The maximum Gasteiger partial charge on any atom is 0.350 e. The van der Waals surface area contributed by atoms with Crippen LogP contribution >= 0.6 is 0 Å². The van der Waals surface area contributed by atoms with Gasteiger partial charge in [-0.25, -0.2) is 4.68 Å². The van der Waals surface area contributed by atoms with Crippen molar-refractivity contribution in [2.45, 2.75) is 58.8 Å². The summed E-state index contributed by atoms with van der Waals surface area (Å²) in [7, 11) is -1.15. The fourth-order valence-corrected chi connectivity index (χ4v) is 2.26. The average molecular weight is 315 g/mol. The van der Waals surface area contributed by atoms with Crippen LogP contribution in [0.15, 0.2) is 6.20 Å². The predicted molar refractivity (Wildman–Crippen MR) is 83.4 cm³/mol. The summed E-state index contributed by atoms with van der Waals surface area (Å²) in [5.74, 6) is 0.169. The molecule has 1 aromatic heterocycles. The van der Waals surface area contributed by atoms with Crippen LogP contribution in [-0.4, -0.2) is 35.5 Å². The van der Waals surface area contributed by atoms with Crippen molar-refractivity contribution in [2.75, 3.05) is 6.61 Å². The maximum atomic E-state index is 11.0. The van der Waals surface area contributed by atoms with Crippen LogP contribution in [0.2, 0.25) is 25.7 Å². The molecule has 0 saturated heterocycles. The molecule has 0 bridgehead atoms. The van der Waals surface area contributed by atoms with E-state index < -0.39 is 13.0 Å². The van der Waals surface area contributed by atoms with Crippen LogP contribution in [0, 0.1) is 10.1 Å². The molecular weight excluding hydrogens is 290 g/mol. The van der Waals surface area contributed by atoms with E-state index in [1.807, 2.05) is 13.8 Å². The van der Waals surface area contributed by atoms with Crippen molar-refractivity contribution in [1.29, 1.82) is 0 Å².